The third-order valence-electron chi connectivity index (χ3n) is 5.04. The molecule has 8 heteroatoms. The number of aromatic nitrogens is 1. The monoisotopic (exact) mass is 443 g/mol. The van der Waals surface area contributed by atoms with E-state index in [2.05, 4.69) is 0 Å². The standard InChI is InChI=1S/C23H19F2NO4S/c1-3-30-23(29)18-21(28)15-11-16(24)17(12(2)27)19(25)20(15)26(13-9-10-13)22(18)31-14-7-5-4-6-8-14/h4-8,11,13H,3,9-10H2,1-2H3. The minimum Gasteiger partial charge on any atom is -0.462 e. The molecule has 31 heavy (non-hydrogen) atoms. The molecule has 0 saturated heterocycles. The Labute approximate surface area is 181 Å². The molecule has 0 amide bonds. The van der Waals surface area contributed by atoms with Crippen molar-refractivity contribution in [1.29, 1.82) is 0 Å². The number of Topliss-reactive ketones (excluding diaryl/α,β-unsaturated/α-hetero) is 1. The van der Waals surface area contributed by atoms with E-state index >= 15 is 4.39 Å². The first-order chi connectivity index (χ1) is 14.8. The summed E-state index contributed by atoms with van der Waals surface area (Å²) >= 11 is 1.14. The minimum atomic E-state index is -1.13. The highest BCUT2D eigenvalue weighted by Gasteiger charge is 2.35. The van der Waals surface area contributed by atoms with E-state index < -0.39 is 34.4 Å². The predicted octanol–water partition coefficient (Wildman–Crippen LogP) is 5.15. The van der Waals surface area contributed by atoms with Gasteiger partial charge in [0.1, 0.15) is 11.4 Å². The second-order valence-corrected chi connectivity index (χ2v) is 8.31. The average Bonchev–Trinajstić information content (AvgIpc) is 3.55. The van der Waals surface area contributed by atoms with Gasteiger partial charge in [0.15, 0.2) is 11.6 Å². The zero-order valence-electron chi connectivity index (χ0n) is 16.9. The fraction of sp³-hybridized carbons (Fsp3) is 0.261. The van der Waals surface area contributed by atoms with Crippen LogP contribution in [0.15, 0.2) is 51.1 Å². The van der Waals surface area contributed by atoms with Crippen molar-refractivity contribution in [3.63, 3.8) is 0 Å². The Morgan fingerprint density at radius 1 is 1.16 bits per heavy atom. The van der Waals surface area contributed by atoms with Gasteiger partial charge in [0.25, 0.3) is 0 Å². The summed E-state index contributed by atoms with van der Waals surface area (Å²) in [5, 5.41) is -0.0583. The summed E-state index contributed by atoms with van der Waals surface area (Å²) in [6.45, 7) is 2.72. The third kappa shape index (κ3) is 3.76. The molecule has 1 fully saturated rings. The maximum Gasteiger partial charge on any atom is 0.344 e. The Bertz CT molecular complexity index is 1270. The van der Waals surface area contributed by atoms with Gasteiger partial charge in [-0.25, -0.2) is 13.6 Å². The molecule has 0 unspecified atom stereocenters. The van der Waals surface area contributed by atoms with Crippen LogP contribution in [0.2, 0.25) is 0 Å². The Morgan fingerprint density at radius 2 is 1.84 bits per heavy atom. The van der Waals surface area contributed by atoms with Crippen LogP contribution in [-0.2, 0) is 4.74 Å². The topological polar surface area (TPSA) is 65.4 Å². The van der Waals surface area contributed by atoms with E-state index in [0.29, 0.717) is 12.8 Å². The SMILES string of the molecule is CCOC(=O)c1c(Sc2ccccc2)n(C2CC2)c2c(F)c(C(C)=O)c(F)cc2c1=O. The van der Waals surface area contributed by atoms with E-state index in [4.69, 9.17) is 4.74 Å². The third-order valence-corrected chi connectivity index (χ3v) is 6.14. The van der Waals surface area contributed by atoms with Crippen LogP contribution < -0.4 is 5.43 Å². The fourth-order valence-corrected chi connectivity index (χ4v) is 4.69. The van der Waals surface area contributed by atoms with Gasteiger partial charge in [-0.3, -0.25) is 9.59 Å². The van der Waals surface area contributed by atoms with Gasteiger partial charge in [0.2, 0.25) is 5.43 Å². The molecule has 0 atom stereocenters. The summed E-state index contributed by atoms with van der Waals surface area (Å²) in [5.74, 6) is -3.84. The predicted molar refractivity (Wildman–Crippen MR) is 113 cm³/mol. The van der Waals surface area contributed by atoms with Gasteiger partial charge in [0.05, 0.1) is 28.1 Å². The van der Waals surface area contributed by atoms with Gasteiger partial charge in [-0.05, 0) is 44.9 Å². The van der Waals surface area contributed by atoms with Crippen LogP contribution in [0, 0.1) is 11.6 Å². The zero-order chi connectivity index (χ0) is 22.3. The number of ketones is 1. The van der Waals surface area contributed by atoms with Crippen molar-refractivity contribution in [2.24, 2.45) is 0 Å². The molecule has 2 aromatic carbocycles. The van der Waals surface area contributed by atoms with E-state index in [-0.39, 0.29) is 34.1 Å². The van der Waals surface area contributed by atoms with Gasteiger partial charge in [0, 0.05) is 10.9 Å². The lowest BCUT2D eigenvalue weighted by molar-refractivity contribution is 0.0519. The number of fused-ring (bicyclic) bond motifs is 1. The molecule has 5 nitrogen and oxygen atoms in total. The molecule has 1 aliphatic rings. The van der Waals surface area contributed by atoms with Crippen molar-refractivity contribution < 1.29 is 23.1 Å². The summed E-state index contributed by atoms with van der Waals surface area (Å²) in [7, 11) is 0. The average molecular weight is 443 g/mol. The van der Waals surface area contributed by atoms with Crippen molar-refractivity contribution in [2.75, 3.05) is 6.61 Å². The van der Waals surface area contributed by atoms with E-state index in [1.807, 2.05) is 6.07 Å². The minimum absolute atomic E-state index is 0.0428. The molecule has 160 valence electrons. The molecular weight excluding hydrogens is 424 g/mol. The number of rotatable bonds is 6. The molecular formula is C23H19F2NO4S. The van der Waals surface area contributed by atoms with E-state index in [1.54, 1.807) is 35.8 Å². The first-order valence-electron chi connectivity index (χ1n) is 9.86. The maximum absolute atomic E-state index is 15.5. The molecule has 3 aromatic rings. The number of ether oxygens (including phenoxy) is 1. The fourth-order valence-electron chi connectivity index (χ4n) is 3.56. The maximum atomic E-state index is 15.5. The van der Waals surface area contributed by atoms with E-state index in [0.717, 1.165) is 29.6 Å². The number of halogens is 2. The number of carbonyl (C=O) groups excluding carboxylic acids is 2. The number of pyridine rings is 1. The number of nitrogens with zero attached hydrogens (tertiary/aromatic N) is 1. The summed E-state index contributed by atoms with van der Waals surface area (Å²) in [4.78, 5) is 38.7. The van der Waals surface area contributed by atoms with Crippen LogP contribution in [0.25, 0.3) is 10.9 Å². The number of hydrogen-bond acceptors (Lipinski definition) is 5. The first-order valence-corrected chi connectivity index (χ1v) is 10.7. The smallest absolute Gasteiger partial charge is 0.344 e. The Hall–Kier alpha value is -3.00. The molecule has 0 bridgehead atoms. The second kappa shape index (κ2) is 8.26. The molecule has 4 rings (SSSR count). The van der Waals surface area contributed by atoms with Crippen molar-refractivity contribution >= 4 is 34.4 Å². The number of carbonyl (C=O) groups is 2. The summed E-state index contributed by atoms with van der Waals surface area (Å²) < 4.78 is 36.7. The lowest BCUT2D eigenvalue weighted by Gasteiger charge is -2.20. The van der Waals surface area contributed by atoms with Crippen LogP contribution in [0.3, 0.4) is 0 Å². The highest BCUT2D eigenvalue weighted by Crippen LogP contribution is 2.44. The summed E-state index contributed by atoms with van der Waals surface area (Å²) in [6.07, 6.45) is 1.41. The molecule has 1 aromatic heterocycles. The van der Waals surface area contributed by atoms with Gasteiger partial charge < -0.3 is 9.30 Å². The molecule has 1 aliphatic carbocycles. The van der Waals surface area contributed by atoms with E-state index in [9.17, 15) is 18.8 Å². The summed E-state index contributed by atoms with van der Waals surface area (Å²) in [6, 6.07) is 9.69. The van der Waals surface area contributed by atoms with Crippen LogP contribution in [0.1, 0.15) is 53.4 Å². The van der Waals surface area contributed by atoms with Crippen molar-refractivity contribution in [1.82, 2.24) is 4.57 Å². The van der Waals surface area contributed by atoms with Crippen molar-refractivity contribution in [3.05, 3.63) is 69.4 Å². The normalized spacial score (nSPS) is 13.4. The molecule has 0 radical (unpaired) electrons. The Morgan fingerprint density at radius 3 is 2.42 bits per heavy atom. The van der Waals surface area contributed by atoms with Gasteiger partial charge >= 0.3 is 5.97 Å². The highest BCUT2D eigenvalue weighted by molar-refractivity contribution is 7.99. The largest absolute Gasteiger partial charge is 0.462 e. The molecule has 0 N–H and O–H groups in total. The van der Waals surface area contributed by atoms with Gasteiger partial charge in [-0.1, -0.05) is 30.0 Å². The molecule has 0 aliphatic heterocycles. The lowest BCUT2D eigenvalue weighted by atomic mass is 10.0. The van der Waals surface area contributed by atoms with Gasteiger partial charge in [-0.2, -0.15) is 0 Å². The molecule has 1 saturated carbocycles. The second-order valence-electron chi connectivity index (χ2n) is 7.25. The quantitative estimate of drug-likeness (QED) is 0.390. The molecule has 0 spiro atoms. The Balaban J connectivity index is 2.14. The van der Waals surface area contributed by atoms with Crippen LogP contribution in [-0.4, -0.2) is 22.9 Å². The Kier molecular flexibility index (Phi) is 5.66. The van der Waals surface area contributed by atoms with Crippen molar-refractivity contribution in [2.45, 2.75) is 42.7 Å². The van der Waals surface area contributed by atoms with Crippen LogP contribution in [0.4, 0.5) is 8.78 Å². The highest BCUT2D eigenvalue weighted by atomic mass is 32.2. The first kappa shape index (κ1) is 21.2. The number of benzene rings is 2. The summed E-state index contributed by atoms with van der Waals surface area (Å²) in [5.41, 5.74) is -1.94. The van der Waals surface area contributed by atoms with Crippen molar-refractivity contribution in [3.8, 4) is 0 Å². The zero-order valence-corrected chi connectivity index (χ0v) is 17.7. The van der Waals surface area contributed by atoms with Crippen LogP contribution in [0.5, 0.6) is 0 Å². The van der Waals surface area contributed by atoms with Crippen LogP contribution >= 0.6 is 11.8 Å². The molecule has 1 heterocycles. The van der Waals surface area contributed by atoms with E-state index in [1.165, 1.54) is 0 Å². The van der Waals surface area contributed by atoms with Gasteiger partial charge in [-0.15, -0.1) is 0 Å². The number of hydrogen-bond donors (Lipinski definition) is 0. The lowest BCUT2D eigenvalue weighted by Crippen LogP contribution is -2.25. The number of esters is 1.